The molecular formula is C20H27O3. The first-order chi connectivity index (χ1) is 11.3. The van der Waals surface area contributed by atoms with Gasteiger partial charge in [0, 0.05) is 5.39 Å². The number of benzene rings is 2. The Balaban J connectivity index is 2.18. The van der Waals surface area contributed by atoms with Crippen LogP contribution in [0.5, 0.6) is 17.2 Å². The number of ether oxygens (including phenoxy) is 2. The first-order valence-electron chi connectivity index (χ1n) is 8.76. The van der Waals surface area contributed by atoms with Crippen LogP contribution >= 0.6 is 0 Å². The fraction of sp³-hybridized carbons (Fsp3) is 0.500. The molecule has 0 aromatic heterocycles. The van der Waals surface area contributed by atoms with Gasteiger partial charge >= 0.3 is 0 Å². The van der Waals surface area contributed by atoms with Gasteiger partial charge in [-0.1, -0.05) is 51.7 Å². The molecule has 0 heterocycles. The van der Waals surface area contributed by atoms with Crippen LogP contribution in [-0.2, 0) is 5.11 Å². The van der Waals surface area contributed by atoms with E-state index in [0.29, 0.717) is 24.3 Å². The van der Waals surface area contributed by atoms with Crippen LogP contribution in [0.25, 0.3) is 10.8 Å². The van der Waals surface area contributed by atoms with E-state index in [9.17, 15) is 5.11 Å². The van der Waals surface area contributed by atoms with Crippen LogP contribution in [-0.4, -0.2) is 13.2 Å². The minimum atomic E-state index is -0.00741. The predicted molar refractivity (Wildman–Crippen MR) is 94.1 cm³/mol. The van der Waals surface area contributed by atoms with Crippen LogP contribution < -0.4 is 9.47 Å². The van der Waals surface area contributed by atoms with Crippen LogP contribution in [0, 0.1) is 0 Å². The molecule has 1 radical (unpaired) electrons. The Morgan fingerprint density at radius 3 is 2.09 bits per heavy atom. The van der Waals surface area contributed by atoms with E-state index in [1.165, 1.54) is 6.42 Å². The van der Waals surface area contributed by atoms with Crippen LogP contribution in [0.4, 0.5) is 0 Å². The zero-order valence-electron chi connectivity index (χ0n) is 14.3. The van der Waals surface area contributed by atoms with E-state index in [2.05, 4.69) is 13.8 Å². The van der Waals surface area contributed by atoms with Gasteiger partial charge in [0.15, 0.2) is 5.75 Å². The number of unbranched alkanes of at least 4 members (excludes halogenated alkanes) is 4. The molecule has 2 rings (SSSR count). The third-order valence-corrected chi connectivity index (χ3v) is 3.94. The minimum Gasteiger partial charge on any atom is -0.493 e. The van der Waals surface area contributed by atoms with E-state index in [0.717, 1.165) is 43.2 Å². The van der Waals surface area contributed by atoms with E-state index in [1.807, 2.05) is 18.2 Å². The fourth-order valence-electron chi connectivity index (χ4n) is 2.63. The number of hydrogen-bond donors (Lipinski definition) is 0. The van der Waals surface area contributed by atoms with Gasteiger partial charge in [0.2, 0.25) is 0 Å². The van der Waals surface area contributed by atoms with Crippen LogP contribution in [0.1, 0.15) is 52.4 Å². The molecule has 0 unspecified atom stereocenters. The van der Waals surface area contributed by atoms with E-state index >= 15 is 0 Å². The van der Waals surface area contributed by atoms with Crippen molar-refractivity contribution in [3.8, 4) is 17.2 Å². The van der Waals surface area contributed by atoms with Crippen LogP contribution in [0.3, 0.4) is 0 Å². The van der Waals surface area contributed by atoms with Crippen molar-refractivity contribution >= 4 is 10.8 Å². The van der Waals surface area contributed by atoms with Gasteiger partial charge in [-0.15, -0.1) is 0 Å². The summed E-state index contributed by atoms with van der Waals surface area (Å²) in [6, 6.07) is 9.09. The van der Waals surface area contributed by atoms with Gasteiger partial charge in [-0.05, 0) is 31.0 Å². The molecule has 0 amide bonds. The SMILES string of the molecule is CCCCCOc1ccc([O])c2c(OCCCCC)cccc12. The Bertz CT molecular complexity index is 607. The zero-order valence-corrected chi connectivity index (χ0v) is 14.3. The van der Waals surface area contributed by atoms with Crippen molar-refractivity contribution < 1.29 is 14.6 Å². The summed E-state index contributed by atoms with van der Waals surface area (Å²) in [4.78, 5) is 0. The molecule has 0 saturated heterocycles. The lowest BCUT2D eigenvalue weighted by Crippen LogP contribution is -2.00. The summed E-state index contributed by atoms with van der Waals surface area (Å²) in [6.07, 6.45) is 6.66. The maximum Gasteiger partial charge on any atom is 0.190 e. The van der Waals surface area contributed by atoms with Crippen molar-refractivity contribution in [3.05, 3.63) is 30.3 Å². The molecule has 0 saturated carbocycles. The smallest absolute Gasteiger partial charge is 0.190 e. The zero-order chi connectivity index (χ0) is 16.5. The van der Waals surface area contributed by atoms with E-state index in [4.69, 9.17) is 9.47 Å². The second kappa shape index (κ2) is 9.29. The summed E-state index contributed by atoms with van der Waals surface area (Å²) < 4.78 is 11.7. The van der Waals surface area contributed by atoms with Crippen molar-refractivity contribution in [1.82, 2.24) is 0 Å². The molecule has 2 aromatic rings. The highest BCUT2D eigenvalue weighted by atomic mass is 16.5. The first-order valence-corrected chi connectivity index (χ1v) is 8.76. The molecule has 3 heteroatoms. The van der Waals surface area contributed by atoms with Crippen molar-refractivity contribution in [2.24, 2.45) is 0 Å². The maximum absolute atomic E-state index is 12.3. The predicted octanol–water partition coefficient (Wildman–Crippen LogP) is 6.12. The molecule has 0 fully saturated rings. The topological polar surface area (TPSA) is 38.4 Å². The van der Waals surface area contributed by atoms with Crippen LogP contribution in [0.2, 0.25) is 0 Å². The van der Waals surface area contributed by atoms with Gasteiger partial charge in [0.25, 0.3) is 0 Å². The van der Waals surface area contributed by atoms with Gasteiger partial charge in [0.1, 0.15) is 11.5 Å². The van der Waals surface area contributed by atoms with Gasteiger partial charge < -0.3 is 9.47 Å². The highest BCUT2D eigenvalue weighted by molar-refractivity contribution is 5.97. The van der Waals surface area contributed by atoms with Crippen molar-refractivity contribution in [2.75, 3.05) is 13.2 Å². The average molecular weight is 315 g/mol. The summed E-state index contributed by atoms with van der Waals surface area (Å²) in [6.45, 7) is 5.66. The standard InChI is InChI=1S/C20H27O3/c1-3-5-7-14-22-18-13-12-17(21)20-16(18)10-9-11-19(20)23-15-8-6-4-2/h9-13H,3-8,14-15H2,1-2H3. The second-order valence-electron chi connectivity index (χ2n) is 5.85. The van der Waals surface area contributed by atoms with Gasteiger partial charge in [-0.25, -0.2) is 0 Å². The lowest BCUT2D eigenvalue weighted by Gasteiger charge is -2.13. The summed E-state index contributed by atoms with van der Waals surface area (Å²) in [7, 11) is 0. The fourth-order valence-corrected chi connectivity index (χ4v) is 2.63. The molecule has 0 aliphatic heterocycles. The van der Waals surface area contributed by atoms with E-state index < -0.39 is 0 Å². The Hall–Kier alpha value is -1.90. The van der Waals surface area contributed by atoms with Gasteiger partial charge in [0.05, 0.1) is 18.6 Å². The molecule has 0 atom stereocenters. The second-order valence-corrected chi connectivity index (χ2v) is 5.85. The van der Waals surface area contributed by atoms with Crippen molar-refractivity contribution in [1.29, 1.82) is 0 Å². The normalized spacial score (nSPS) is 10.9. The molecule has 23 heavy (non-hydrogen) atoms. The molecule has 0 bridgehead atoms. The van der Waals surface area contributed by atoms with Crippen LogP contribution in [0.15, 0.2) is 30.3 Å². The van der Waals surface area contributed by atoms with Gasteiger partial charge in [-0.2, -0.15) is 0 Å². The quantitative estimate of drug-likeness (QED) is 0.495. The maximum atomic E-state index is 12.3. The molecule has 3 nitrogen and oxygen atoms in total. The summed E-state index contributed by atoms with van der Waals surface area (Å²) in [5, 5.41) is 13.8. The third kappa shape index (κ3) is 4.78. The number of rotatable bonds is 10. The monoisotopic (exact) mass is 315 g/mol. The number of hydrogen-bond acceptors (Lipinski definition) is 2. The number of fused-ring (bicyclic) bond motifs is 1. The Morgan fingerprint density at radius 2 is 1.43 bits per heavy atom. The molecular weight excluding hydrogens is 288 g/mol. The lowest BCUT2D eigenvalue weighted by molar-refractivity contribution is 0.303. The largest absolute Gasteiger partial charge is 0.493 e. The lowest BCUT2D eigenvalue weighted by atomic mass is 10.1. The highest BCUT2D eigenvalue weighted by Crippen LogP contribution is 2.39. The van der Waals surface area contributed by atoms with Gasteiger partial charge in [-0.3, -0.25) is 5.11 Å². The van der Waals surface area contributed by atoms with Crippen molar-refractivity contribution in [3.63, 3.8) is 0 Å². The molecule has 0 aliphatic rings. The van der Waals surface area contributed by atoms with Crippen molar-refractivity contribution in [2.45, 2.75) is 52.4 Å². The molecule has 0 spiro atoms. The third-order valence-electron chi connectivity index (χ3n) is 3.94. The highest BCUT2D eigenvalue weighted by Gasteiger charge is 2.12. The summed E-state index contributed by atoms with van der Waals surface area (Å²) in [5.41, 5.74) is 0. The summed E-state index contributed by atoms with van der Waals surface area (Å²) >= 11 is 0. The molecule has 2 aromatic carbocycles. The first kappa shape index (κ1) is 17.5. The molecule has 125 valence electrons. The minimum absolute atomic E-state index is 0.00741. The summed E-state index contributed by atoms with van der Waals surface area (Å²) in [5.74, 6) is 1.43. The Kier molecular flexibility index (Phi) is 7.05. The van der Waals surface area contributed by atoms with E-state index in [-0.39, 0.29) is 5.75 Å². The average Bonchev–Trinajstić information content (AvgIpc) is 2.57. The Morgan fingerprint density at radius 1 is 0.783 bits per heavy atom. The van der Waals surface area contributed by atoms with E-state index in [1.54, 1.807) is 12.1 Å². The molecule has 0 aliphatic carbocycles. The Labute approximate surface area is 139 Å². The molecule has 0 N–H and O–H groups in total.